The van der Waals surface area contributed by atoms with Crippen molar-refractivity contribution >= 4 is 5.97 Å². The number of carbonyl (C=O) groups is 1. The summed E-state index contributed by atoms with van der Waals surface area (Å²) in [5.41, 5.74) is 0.960. The highest BCUT2D eigenvalue weighted by Crippen LogP contribution is 2.16. The van der Waals surface area contributed by atoms with Crippen molar-refractivity contribution in [2.45, 2.75) is 0 Å². The van der Waals surface area contributed by atoms with Gasteiger partial charge in [0.05, 0.1) is 11.3 Å². The van der Waals surface area contributed by atoms with Crippen molar-refractivity contribution in [1.29, 1.82) is 0 Å². The van der Waals surface area contributed by atoms with Crippen molar-refractivity contribution in [2.75, 3.05) is 0 Å². The third-order valence-corrected chi connectivity index (χ3v) is 2.67. The number of benzene rings is 2. The van der Waals surface area contributed by atoms with Crippen LogP contribution in [0.3, 0.4) is 0 Å². The summed E-state index contributed by atoms with van der Waals surface area (Å²) in [5, 5.41) is 10.9. The lowest BCUT2D eigenvalue weighted by Crippen LogP contribution is -2.12. The number of hydrogen-bond acceptors (Lipinski definition) is 5. The molecule has 0 aliphatic heterocycles. The molecule has 0 amide bonds. The number of ether oxygens (including phenoxy) is 1. The molecule has 0 saturated heterocycles. The Balaban J connectivity index is 1.93. The molecule has 0 N–H and O–H groups in total. The summed E-state index contributed by atoms with van der Waals surface area (Å²) in [7, 11) is 0. The van der Waals surface area contributed by atoms with Gasteiger partial charge < -0.3 is 4.74 Å². The van der Waals surface area contributed by atoms with E-state index in [-0.39, 0.29) is 0 Å². The molecule has 0 aliphatic carbocycles. The van der Waals surface area contributed by atoms with Crippen molar-refractivity contribution in [3.8, 4) is 11.4 Å². The van der Waals surface area contributed by atoms with Crippen LogP contribution in [0.15, 0.2) is 60.9 Å². The Hall–Kier alpha value is -3.02. The van der Waals surface area contributed by atoms with E-state index in [2.05, 4.69) is 15.5 Å². The van der Waals surface area contributed by atoms with Gasteiger partial charge in [-0.05, 0) is 34.7 Å². The quantitative estimate of drug-likeness (QED) is 0.534. The van der Waals surface area contributed by atoms with Gasteiger partial charge in [0, 0.05) is 0 Å². The van der Waals surface area contributed by atoms with E-state index in [0.717, 1.165) is 0 Å². The average Bonchev–Trinajstić information content (AvgIpc) is 3.02. The van der Waals surface area contributed by atoms with Crippen LogP contribution in [0, 0.1) is 0 Å². The molecule has 0 bridgehead atoms. The zero-order valence-electron chi connectivity index (χ0n) is 10.4. The maximum atomic E-state index is 12.2. The van der Waals surface area contributed by atoms with Crippen LogP contribution in [-0.2, 0) is 0 Å². The fourth-order valence-corrected chi connectivity index (χ4v) is 1.77. The third-order valence-electron chi connectivity index (χ3n) is 2.67. The molecule has 0 saturated carbocycles. The number of hydrogen-bond donors (Lipinski definition) is 0. The lowest BCUT2D eigenvalue weighted by molar-refractivity contribution is 0.0734. The van der Waals surface area contributed by atoms with Crippen molar-refractivity contribution in [1.82, 2.24) is 20.2 Å². The lowest BCUT2D eigenvalue weighted by Gasteiger charge is -2.08. The van der Waals surface area contributed by atoms with Crippen LogP contribution in [0.2, 0.25) is 0 Å². The van der Waals surface area contributed by atoms with E-state index in [4.69, 9.17) is 4.74 Å². The van der Waals surface area contributed by atoms with Crippen LogP contribution < -0.4 is 4.74 Å². The predicted molar refractivity (Wildman–Crippen MR) is 70.6 cm³/mol. The van der Waals surface area contributed by atoms with Crippen LogP contribution in [0.4, 0.5) is 0 Å². The zero-order chi connectivity index (χ0) is 13.8. The first-order valence-electron chi connectivity index (χ1n) is 5.94. The van der Waals surface area contributed by atoms with Crippen LogP contribution in [0.25, 0.3) is 5.69 Å². The molecule has 3 rings (SSSR count). The van der Waals surface area contributed by atoms with E-state index >= 15 is 0 Å². The van der Waals surface area contributed by atoms with Crippen LogP contribution in [-0.4, -0.2) is 26.2 Å². The van der Waals surface area contributed by atoms with Gasteiger partial charge in [-0.1, -0.05) is 30.3 Å². The summed E-state index contributed by atoms with van der Waals surface area (Å²) in [6, 6.07) is 15.9. The molecule has 0 spiro atoms. The van der Waals surface area contributed by atoms with Gasteiger partial charge >= 0.3 is 5.97 Å². The molecule has 0 atom stereocenters. The van der Waals surface area contributed by atoms with Crippen LogP contribution >= 0.6 is 0 Å². The molecule has 0 aliphatic rings. The summed E-state index contributed by atoms with van der Waals surface area (Å²) in [5.74, 6) is 0.0336. The fourth-order valence-electron chi connectivity index (χ4n) is 1.77. The van der Waals surface area contributed by atoms with Crippen molar-refractivity contribution in [3.05, 3.63) is 66.5 Å². The molecule has 6 heteroatoms. The number of carbonyl (C=O) groups excluding carboxylic acids is 1. The van der Waals surface area contributed by atoms with Gasteiger partial charge in [-0.2, -0.15) is 4.68 Å². The maximum absolute atomic E-state index is 12.2. The minimum absolute atomic E-state index is 0.392. The summed E-state index contributed by atoms with van der Waals surface area (Å²) in [6.07, 6.45) is 1.43. The molecule has 2 aromatic carbocycles. The average molecular weight is 266 g/mol. The predicted octanol–water partition coefficient (Wildman–Crippen LogP) is 1.88. The number of esters is 1. The SMILES string of the molecule is O=C(Oc1ccccc1)c1ccccc1-n1cnnn1. The first kappa shape index (κ1) is 12.0. The smallest absolute Gasteiger partial charge is 0.345 e. The Morgan fingerprint density at radius 1 is 1.00 bits per heavy atom. The molecule has 3 aromatic rings. The normalized spacial score (nSPS) is 10.2. The Bertz CT molecular complexity index is 711. The van der Waals surface area contributed by atoms with E-state index < -0.39 is 5.97 Å². The summed E-state index contributed by atoms with van der Waals surface area (Å²) < 4.78 is 6.74. The van der Waals surface area contributed by atoms with Gasteiger partial charge in [0.25, 0.3) is 0 Å². The van der Waals surface area contributed by atoms with Crippen LogP contribution in [0.1, 0.15) is 10.4 Å². The Morgan fingerprint density at radius 2 is 1.75 bits per heavy atom. The van der Waals surface area contributed by atoms with E-state index in [1.165, 1.54) is 11.0 Å². The molecule has 20 heavy (non-hydrogen) atoms. The Morgan fingerprint density at radius 3 is 2.50 bits per heavy atom. The summed E-state index contributed by atoms with van der Waals surface area (Å²) in [4.78, 5) is 12.2. The number of para-hydroxylation sites is 2. The minimum Gasteiger partial charge on any atom is -0.423 e. The Labute approximate surface area is 114 Å². The molecule has 1 heterocycles. The highest BCUT2D eigenvalue weighted by Gasteiger charge is 2.15. The Kier molecular flexibility index (Phi) is 3.20. The molecule has 0 fully saturated rings. The van der Waals surface area contributed by atoms with Gasteiger partial charge in [-0.15, -0.1) is 5.10 Å². The second-order valence-corrected chi connectivity index (χ2v) is 3.97. The van der Waals surface area contributed by atoms with Gasteiger partial charge in [-0.25, -0.2) is 4.79 Å². The topological polar surface area (TPSA) is 69.9 Å². The van der Waals surface area contributed by atoms with Crippen molar-refractivity contribution in [3.63, 3.8) is 0 Å². The molecular weight excluding hydrogens is 256 g/mol. The standard InChI is InChI=1S/C14H10N4O2/c19-14(20-11-6-2-1-3-7-11)12-8-4-5-9-13(12)18-10-15-16-17-18/h1-10H. The lowest BCUT2D eigenvalue weighted by atomic mass is 10.2. The number of tetrazole rings is 1. The fraction of sp³-hybridized carbons (Fsp3) is 0. The molecule has 1 aromatic heterocycles. The summed E-state index contributed by atoms with van der Waals surface area (Å²) >= 11 is 0. The largest absolute Gasteiger partial charge is 0.423 e. The zero-order valence-corrected chi connectivity index (χ0v) is 10.4. The van der Waals surface area contributed by atoms with E-state index in [1.54, 1.807) is 48.5 Å². The van der Waals surface area contributed by atoms with E-state index in [1.807, 2.05) is 6.07 Å². The third kappa shape index (κ3) is 2.39. The van der Waals surface area contributed by atoms with Gasteiger partial charge in [0.15, 0.2) is 0 Å². The van der Waals surface area contributed by atoms with E-state index in [9.17, 15) is 4.79 Å². The van der Waals surface area contributed by atoms with Crippen molar-refractivity contribution in [2.24, 2.45) is 0 Å². The van der Waals surface area contributed by atoms with Crippen LogP contribution in [0.5, 0.6) is 5.75 Å². The highest BCUT2D eigenvalue weighted by molar-refractivity contribution is 5.94. The molecule has 98 valence electrons. The second-order valence-electron chi connectivity index (χ2n) is 3.97. The van der Waals surface area contributed by atoms with E-state index in [0.29, 0.717) is 17.0 Å². The first-order chi connectivity index (χ1) is 9.84. The molecule has 6 nitrogen and oxygen atoms in total. The first-order valence-corrected chi connectivity index (χ1v) is 5.94. The number of nitrogens with zero attached hydrogens (tertiary/aromatic N) is 4. The molecule has 0 radical (unpaired) electrons. The second kappa shape index (κ2) is 5.31. The molecule has 0 unspecified atom stereocenters. The van der Waals surface area contributed by atoms with Gasteiger partial charge in [0.2, 0.25) is 0 Å². The molecular formula is C14H10N4O2. The summed E-state index contributed by atoms with van der Waals surface area (Å²) in [6.45, 7) is 0. The monoisotopic (exact) mass is 266 g/mol. The minimum atomic E-state index is -0.456. The van der Waals surface area contributed by atoms with Crippen molar-refractivity contribution < 1.29 is 9.53 Å². The highest BCUT2D eigenvalue weighted by atomic mass is 16.5. The number of rotatable bonds is 3. The maximum Gasteiger partial charge on any atom is 0.345 e. The number of aromatic nitrogens is 4. The van der Waals surface area contributed by atoms with Gasteiger partial charge in [0.1, 0.15) is 12.1 Å². The van der Waals surface area contributed by atoms with Gasteiger partial charge in [-0.3, -0.25) is 0 Å².